The number of hydrogen-bond acceptors (Lipinski definition) is 4. The molecule has 118 valence electrons. The standard InChI is InChI=1S/C13H18Cl2N2O3S/c1-8-11(3-4-20-8)17(2)21(18,19)12-6-10(14)5-9(7-16)13(12)15/h5-6,8,11H,3-4,7,16H2,1-2H3. The third-order valence-electron chi connectivity index (χ3n) is 3.76. The first kappa shape index (κ1) is 17.0. The molecule has 0 amide bonds. The maximum absolute atomic E-state index is 12.8. The van der Waals surface area contributed by atoms with E-state index in [1.165, 1.54) is 17.4 Å². The Labute approximate surface area is 135 Å². The molecule has 1 aromatic carbocycles. The van der Waals surface area contributed by atoms with Crippen LogP contribution in [0.2, 0.25) is 10.0 Å². The molecule has 0 aliphatic carbocycles. The molecule has 1 aromatic rings. The van der Waals surface area contributed by atoms with Crippen molar-refractivity contribution in [3.63, 3.8) is 0 Å². The Morgan fingerprint density at radius 1 is 1.43 bits per heavy atom. The number of hydrogen-bond donors (Lipinski definition) is 1. The van der Waals surface area contributed by atoms with Crippen molar-refractivity contribution >= 4 is 33.2 Å². The number of benzene rings is 1. The summed E-state index contributed by atoms with van der Waals surface area (Å²) in [5.74, 6) is 0. The molecule has 1 heterocycles. The largest absolute Gasteiger partial charge is 0.377 e. The van der Waals surface area contributed by atoms with Gasteiger partial charge in [-0.15, -0.1) is 0 Å². The molecular weight excluding hydrogens is 335 g/mol. The van der Waals surface area contributed by atoms with Crippen LogP contribution in [-0.2, 0) is 21.3 Å². The lowest BCUT2D eigenvalue weighted by Crippen LogP contribution is -2.41. The van der Waals surface area contributed by atoms with Crippen LogP contribution in [0.4, 0.5) is 0 Å². The number of sulfonamides is 1. The molecule has 0 aromatic heterocycles. The maximum atomic E-state index is 12.8. The molecule has 0 saturated carbocycles. The monoisotopic (exact) mass is 352 g/mol. The lowest BCUT2D eigenvalue weighted by atomic mass is 10.2. The van der Waals surface area contributed by atoms with E-state index in [2.05, 4.69) is 0 Å². The van der Waals surface area contributed by atoms with Crippen molar-refractivity contribution < 1.29 is 13.2 Å². The first-order valence-electron chi connectivity index (χ1n) is 6.56. The van der Waals surface area contributed by atoms with Gasteiger partial charge in [-0.05, 0) is 31.0 Å². The van der Waals surface area contributed by atoms with Crippen molar-refractivity contribution in [2.45, 2.75) is 36.9 Å². The quantitative estimate of drug-likeness (QED) is 0.901. The van der Waals surface area contributed by atoms with Gasteiger partial charge in [0.25, 0.3) is 0 Å². The van der Waals surface area contributed by atoms with Gasteiger partial charge in [-0.25, -0.2) is 8.42 Å². The molecular formula is C13H18Cl2N2O3S. The molecule has 2 unspecified atom stereocenters. The van der Waals surface area contributed by atoms with Gasteiger partial charge in [0.1, 0.15) is 4.90 Å². The second kappa shape index (κ2) is 6.40. The number of ether oxygens (including phenoxy) is 1. The first-order valence-corrected chi connectivity index (χ1v) is 8.76. The Kier molecular flexibility index (Phi) is 5.18. The van der Waals surface area contributed by atoms with E-state index < -0.39 is 10.0 Å². The van der Waals surface area contributed by atoms with Gasteiger partial charge >= 0.3 is 0 Å². The van der Waals surface area contributed by atoms with E-state index in [1.807, 2.05) is 6.92 Å². The highest BCUT2D eigenvalue weighted by Crippen LogP contribution is 2.33. The Bertz CT molecular complexity index is 637. The average Bonchev–Trinajstić information content (AvgIpc) is 2.85. The predicted molar refractivity (Wildman–Crippen MR) is 83.1 cm³/mol. The number of likely N-dealkylation sites (N-methyl/N-ethyl adjacent to an activating group) is 1. The van der Waals surface area contributed by atoms with E-state index in [1.54, 1.807) is 6.07 Å². The molecule has 0 radical (unpaired) electrons. The highest BCUT2D eigenvalue weighted by Gasteiger charge is 2.36. The molecule has 1 aliphatic rings. The molecule has 8 heteroatoms. The zero-order chi connectivity index (χ0) is 15.8. The van der Waals surface area contributed by atoms with Crippen molar-refractivity contribution in [3.05, 3.63) is 27.7 Å². The van der Waals surface area contributed by atoms with Crippen LogP contribution < -0.4 is 5.73 Å². The second-order valence-corrected chi connectivity index (χ2v) is 7.81. The van der Waals surface area contributed by atoms with E-state index in [-0.39, 0.29) is 28.6 Å². The number of halogens is 2. The van der Waals surface area contributed by atoms with E-state index >= 15 is 0 Å². The maximum Gasteiger partial charge on any atom is 0.244 e. The van der Waals surface area contributed by atoms with Crippen molar-refractivity contribution in [2.24, 2.45) is 5.73 Å². The third kappa shape index (κ3) is 3.21. The molecule has 1 saturated heterocycles. The summed E-state index contributed by atoms with van der Waals surface area (Å²) >= 11 is 12.2. The Balaban J connectivity index is 2.46. The van der Waals surface area contributed by atoms with Crippen LogP contribution in [0.1, 0.15) is 18.9 Å². The highest BCUT2D eigenvalue weighted by atomic mass is 35.5. The Morgan fingerprint density at radius 3 is 2.62 bits per heavy atom. The van der Waals surface area contributed by atoms with Crippen molar-refractivity contribution in [1.82, 2.24) is 4.31 Å². The fraction of sp³-hybridized carbons (Fsp3) is 0.538. The van der Waals surface area contributed by atoms with Crippen LogP contribution in [0.3, 0.4) is 0 Å². The van der Waals surface area contributed by atoms with Crippen LogP contribution >= 0.6 is 23.2 Å². The van der Waals surface area contributed by atoms with Gasteiger partial charge in [0, 0.05) is 25.2 Å². The van der Waals surface area contributed by atoms with Crippen molar-refractivity contribution in [1.29, 1.82) is 0 Å². The first-order chi connectivity index (χ1) is 9.78. The average molecular weight is 353 g/mol. The highest BCUT2D eigenvalue weighted by molar-refractivity contribution is 7.89. The zero-order valence-electron chi connectivity index (χ0n) is 11.8. The van der Waals surface area contributed by atoms with E-state index in [9.17, 15) is 8.42 Å². The number of nitrogens with two attached hydrogens (primary N) is 1. The van der Waals surface area contributed by atoms with Gasteiger partial charge in [-0.3, -0.25) is 0 Å². The minimum atomic E-state index is -3.76. The van der Waals surface area contributed by atoms with Gasteiger partial charge in [0.05, 0.1) is 17.2 Å². The lowest BCUT2D eigenvalue weighted by molar-refractivity contribution is 0.102. The fourth-order valence-corrected chi connectivity index (χ4v) is 4.85. The van der Waals surface area contributed by atoms with Crippen LogP contribution in [-0.4, -0.2) is 38.5 Å². The van der Waals surface area contributed by atoms with E-state index in [0.29, 0.717) is 23.6 Å². The van der Waals surface area contributed by atoms with E-state index in [4.69, 9.17) is 33.7 Å². The third-order valence-corrected chi connectivity index (χ3v) is 6.44. The SMILES string of the molecule is CC1OCCC1N(C)S(=O)(=O)c1cc(Cl)cc(CN)c1Cl. The van der Waals surface area contributed by atoms with Gasteiger partial charge in [0.2, 0.25) is 10.0 Å². The van der Waals surface area contributed by atoms with Gasteiger partial charge < -0.3 is 10.5 Å². The molecule has 2 atom stereocenters. The molecule has 21 heavy (non-hydrogen) atoms. The van der Waals surface area contributed by atoms with E-state index in [0.717, 1.165) is 0 Å². The summed E-state index contributed by atoms with van der Waals surface area (Å²) in [5, 5.41) is 0.419. The topological polar surface area (TPSA) is 72.6 Å². The second-order valence-electron chi connectivity index (χ2n) is 5.03. The van der Waals surface area contributed by atoms with Crippen molar-refractivity contribution in [2.75, 3.05) is 13.7 Å². The summed E-state index contributed by atoms with van der Waals surface area (Å²) in [4.78, 5) is -0.0151. The molecule has 0 bridgehead atoms. The predicted octanol–water partition coefficient (Wildman–Crippen LogP) is 2.25. The van der Waals surface area contributed by atoms with Gasteiger partial charge in [0.15, 0.2) is 0 Å². The Morgan fingerprint density at radius 2 is 2.10 bits per heavy atom. The Hall–Kier alpha value is -0.370. The molecule has 1 aliphatic heterocycles. The van der Waals surface area contributed by atoms with Gasteiger partial charge in [-0.2, -0.15) is 4.31 Å². The molecule has 5 nitrogen and oxygen atoms in total. The number of nitrogens with zero attached hydrogens (tertiary/aromatic N) is 1. The molecule has 2 N–H and O–H groups in total. The minimum Gasteiger partial charge on any atom is -0.377 e. The van der Waals surface area contributed by atoms with Crippen LogP contribution in [0, 0.1) is 0 Å². The zero-order valence-corrected chi connectivity index (χ0v) is 14.2. The van der Waals surface area contributed by atoms with Crippen molar-refractivity contribution in [3.8, 4) is 0 Å². The van der Waals surface area contributed by atoms with Crippen LogP contribution in [0.5, 0.6) is 0 Å². The molecule has 1 fully saturated rings. The summed E-state index contributed by atoms with van der Waals surface area (Å²) in [5.41, 5.74) is 6.09. The summed E-state index contributed by atoms with van der Waals surface area (Å²) in [6.07, 6.45) is 0.496. The molecule has 2 rings (SSSR count). The summed E-state index contributed by atoms with van der Waals surface area (Å²) in [6.45, 7) is 2.52. The normalized spacial score (nSPS) is 23.0. The smallest absolute Gasteiger partial charge is 0.244 e. The van der Waals surface area contributed by atoms with Gasteiger partial charge in [-0.1, -0.05) is 23.2 Å². The number of rotatable bonds is 4. The minimum absolute atomic E-state index is 0.0151. The van der Waals surface area contributed by atoms with Crippen LogP contribution in [0.25, 0.3) is 0 Å². The summed E-state index contributed by atoms with van der Waals surface area (Å²) < 4.78 is 32.3. The lowest BCUT2D eigenvalue weighted by Gasteiger charge is -2.26. The summed E-state index contributed by atoms with van der Waals surface area (Å²) in [6, 6.07) is 2.71. The van der Waals surface area contributed by atoms with Crippen LogP contribution in [0.15, 0.2) is 17.0 Å². The fourth-order valence-electron chi connectivity index (χ4n) is 2.49. The summed E-state index contributed by atoms with van der Waals surface area (Å²) in [7, 11) is -2.23. The molecule has 0 spiro atoms.